The number of carbonyl (C=O) groups excluding carboxylic acids is 1. The molecule has 1 amide bonds. The number of nitro benzene ring substituents is 1. The first kappa shape index (κ1) is 17.9. The molecule has 1 heterocycles. The zero-order chi connectivity index (χ0) is 19.7. The Hall–Kier alpha value is -3.52. The maximum Gasteiger partial charge on any atom is 0.289 e. The van der Waals surface area contributed by atoms with Crippen LogP contribution in [0.2, 0.25) is 5.02 Å². The van der Waals surface area contributed by atoms with Crippen molar-refractivity contribution in [1.82, 2.24) is 15.6 Å². The molecule has 9 heteroatoms. The summed E-state index contributed by atoms with van der Waals surface area (Å²) in [6.45, 7) is 0. The Bertz CT molecular complexity index is 1120. The molecule has 0 saturated carbocycles. The molecule has 1 aliphatic carbocycles. The van der Waals surface area contributed by atoms with Crippen molar-refractivity contribution in [2.75, 3.05) is 0 Å². The number of aryl methyl sites for hydroxylation is 1. The van der Waals surface area contributed by atoms with Gasteiger partial charge in [0.25, 0.3) is 11.6 Å². The van der Waals surface area contributed by atoms with E-state index in [-0.39, 0.29) is 10.7 Å². The second kappa shape index (κ2) is 7.24. The Morgan fingerprint density at radius 2 is 2.11 bits per heavy atom. The third-order valence-corrected chi connectivity index (χ3v) is 4.88. The lowest BCUT2D eigenvalue weighted by Crippen LogP contribution is -2.20. The Morgan fingerprint density at radius 3 is 2.93 bits per heavy atom. The van der Waals surface area contributed by atoms with Gasteiger partial charge in [-0.25, -0.2) is 5.43 Å². The van der Waals surface area contributed by atoms with Gasteiger partial charge in [-0.05, 0) is 24.5 Å². The fourth-order valence-corrected chi connectivity index (χ4v) is 3.41. The highest BCUT2D eigenvalue weighted by Gasteiger charge is 2.24. The molecule has 0 bridgehead atoms. The Balaban J connectivity index is 1.52. The number of hydrazone groups is 1. The molecule has 2 N–H and O–H groups in total. The van der Waals surface area contributed by atoms with Crippen LogP contribution in [0.25, 0.3) is 11.3 Å². The van der Waals surface area contributed by atoms with Crippen molar-refractivity contribution >= 4 is 29.4 Å². The molecule has 0 radical (unpaired) electrons. The summed E-state index contributed by atoms with van der Waals surface area (Å²) < 4.78 is 0. The van der Waals surface area contributed by atoms with E-state index < -0.39 is 10.8 Å². The second-order valence-electron chi connectivity index (χ2n) is 6.25. The first-order chi connectivity index (χ1) is 13.5. The molecule has 1 aromatic heterocycles. The van der Waals surface area contributed by atoms with Crippen LogP contribution in [0.15, 0.2) is 47.6 Å². The minimum absolute atomic E-state index is 0.0376. The Kier molecular flexibility index (Phi) is 4.62. The summed E-state index contributed by atoms with van der Waals surface area (Å²) in [4.78, 5) is 22.8. The molecule has 8 nitrogen and oxygen atoms in total. The predicted molar refractivity (Wildman–Crippen MR) is 105 cm³/mol. The van der Waals surface area contributed by atoms with Gasteiger partial charge in [0.15, 0.2) is 0 Å². The summed E-state index contributed by atoms with van der Waals surface area (Å²) in [6, 6.07) is 12.2. The third-order valence-electron chi connectivity index (χ3n) is 4.56. The van der Waals surface area contributed by atoms with E-state index >= 15 is 0 Å². The smallest absolute Gasteiger partial charge is 0.272 e. The van der Waals surface area contributed by atoms with E-state index in [4.69, 9.17) is 11.6 Å². The summed E-state index contributed by atoms with van der Waals surface area (Å²) in [7, 11) is 0. The van der Waals surface area contributed by atoms with E-state index in [0.29, 0.717) is 17.7 Å². The van der Waals surface area contributed by atoms with Crippen molar-refractivity contribution < 1.29 is 9.72 Å². The van der Waals surface area contributed by atoms with Crippen LogP contribution in [0.1, 0.15) is 27.2 Å². The molecule has 0 unspecified atom stereocenters. The van der Waals surface area contributed by atoms with Crippen LogP contribution in [0.4, 0.5) is 5.69 Å². The van der Waals surface area contributed by atoms with E-state index in [1.54, 1.807) is 6.07 Å². The number of aromatic amines is 1. The highest BCUT2D eigenvalue weighted by atomic mass is 35.5. The monoisotopic (exact) mass is 395 g/mol. The molecule has 4 rings (SSSR count). The maximum atomic E-state index is 12.5. The minimum Gasteiger partial charge on any atom is -0.272 e. The van der Waals surface area contributed by atoms with Crippen LogP contribution in [-0.2, 0) is 12.8 Å². The number of rotatable bonds is 4. The first-order valence-electron chi connectivity index (χ1n) is 8.47. The highest BCUT2D eigenvalue weighted by Crippen LogP contribution is 2.33. The van der Waals surface area contributed by atoms with E-state index in [2.05, 4.69) is 26.8 Å². The summed E-state index contributed by atoms with van der Waals surface area (Å²) in [5, 5.41) is 21.9. The van der Waals surface area contributed by atoms with Crippen molar-refractivity contribution in [1.29, 1.82) is 0 Å². The lowest BCUT2D eigenvalue weighted by atomic mass is 9.89. The van der Waals surface area contributed by atoms with Crippen LogP contribution in [0.3, 0.4) is 0 Å². The number of aromatic nitrogens is 2. The minimum atomic E-state index is -0.576. The largest absolute Gasteiger partial charge is 0.289 e. The molecule has 0 spiro atoms. The Morgan fingerprint density at radius 1 is 1.29 bits per heavy atom. The van der Waals surface area contributed by atoms with Crippen molar-refractivity contribution in [3.63, 3.8) is 0 Å². The molecule has 28 heavy (non-hydrogen) atoms. The van der Waals surface area contributed by atoms with Crippen LogP contribution in [-0.4, -0.2) is 27.2 Å². The zero-order valence-corrected chi connectivity index (χ0v) is 15.2. The van der Waals surface area contributed by atoms with Gasteiger partial charge in [0.1, 0.15) is 10.7 Å². The van der Waals surface area contributed by atoms with Gasteiger partial charge in [-0.3, -0.25) is 20.0 Å². The van der Waals surface area contributed by atoms with Gasteiger partial charge in [0.05, 0.1) is 16.8 Å². The van der Waals surface area contributed by atoms with Crippen molar-refractivity contribution in [2.24, 2.45) is 5.10 Å². The number of amides is 1. The third kappa shape index (κ3) is 3.25. The first-order valence-corrected chi connectivity index (χ1v) is 8.85. The van der Waals surface area contributed by atoms with E-state index in [1.807, 2.05) is 18.2 Å². The molecular formula is C19H14ClN5O3. The van der Waals surface area contributed by atoms with Gasteiger partial charge in [0.2, 0.25) is 0 Å². The second-order valence-corrected chi connectivity index (χ2v) is 6.66. The van der Waals surface area contributed by atoms with Crippen molar-refractivity contribution in [2.45, 2.75) is 12.8 Å². The number of carbonyl (C=O) groups is 1. The molecule has 0 aliphatic heterocycles. The maximum absolute atomic E-state index is 12.5. The normalized spacial score (nSPS) is 12.5. The topological polar surface area (TPSA) is 113 Å². The summed E-state index contributed by atoms with van der Waals surface area (Å²) in [6.07, 6.45) is 2.86. The molecular weight excluding hydrogens is 382 g/mol. The number of nitrogens with one attached hydrogen (secondary N) is 2. The molecule has 140 valence electrons. The SMILES string of the molecule is O=C(N/N=C\c1ccc(Cl)c([N+](=O)[O-])c1)c1[nH]nc2c1CCc1ccccc1-2. The molecule has 1 aliphatic rings. The number of nitro groups is 1. The van der Waals surface area contributed by atoms with E-state index in [9.17, 15) is 14.9 Å². The van der Waals surface area contributed by atoms with E-state index in [0.717, 1.165) is 23.2 Å². The van der Waals surface area contributed by atoms with E-state index in [1.165, 1.54) is 23.9 Å². The molecule has 0 fully saturated rings. The highest BCUT2D eigenvalue weighted by molar-refractivity contribution is 6.32. The van der Waals surface area contributed by atoms with Crippen LogP contribution in [0.5, 0.6) is 0 Å². The van der Waals surface area contributed by atoms with Crippen LogP contribution >= 0.6 is 11.6 Å². The van der Waals surface area contributed by atoms with Crippen molar-refractivity contribution in [3.8, 4) is 11.3 Å². The summed E-state index contributed by atoms with van der Waals surface area (Å²) >= 11 is 5.78. The molecule has 0 saturated heterocycles. The van der Waals surface area contributed by atoms with Gasteiger partial charge in [0, 0.05) is 22.8 Å². The van der Waals surface area contributed by atoms with Gasteiger partial charge in [-0.15, -0.1) is 0 Å². The molecule has 3 aromatic rings. The van der Waals surface area contributed by atoms with Gasteiger partial charge in [-0.2, -0.15) is 10.2 Å². The average molecular weight is 396 g/mol. The summed E-state index contributed by atoms with van der Waals surface area (Å²) in [5.41, 5.74) is 6.88. The number of benzene rings is 2. The van der Waals surface area contributed by atoms with Gasteiger partial charge in [-0.1, -0.05) is 41.9 Å². The fraction of sp³-hybridized carbons (Fsp3) is 0.105. The molecule has 2 aromatic carbocycles. The fourth-order valence-electron chi connectivity index (χ4n) is 3.22. The number of hydrogen-bond donors (Lipinski definition) is 2. The number of hydrogen-bond acceptors (Lipinski definition) is 5. The lowest BCUT2D eigenvalue weighted by Gasteiger charge is -2.15. The predicted octanol–water partition coefficient (Wildman–Crippen LogP) is 3.50. The van der Waals surface area contributed by atoms with Crippen LogP contribution in [0, 0.1) is 10.1 Å². The number of halogens is 1. The standard InChI is InChI=1S/C19H14ClN5O3/c20-15-8-5-11(9-16(15)25(27)28)10-21-24-19(26)18-14-7-6-12-3-1-2-4-13(12)17(14)22-23-18/h1-5,8-10H,6-7H2,(H,22,23)(H,24,26)/b21-10-. The number of fused-ring (bicyclic) bond motifs is 3. The van der Waals surface area contributed by atoms with Gasteiger partial charge < -0.3 is 0 Å². The van der Waals surface area contributed by atoms with Gasteiger partial charge >= 0.3 is 0 Å². The summed E-state index contributed by atoms with van der Waals surface area (Å²) in [5.74, 6) is -0.423. The molecule has 0 atom stereocenters. The average Bonchev–Trinajstić information content (AvgIpc) is 3.13. The quantitative estimate of drug-likeness (QED) is 0.399. The lowest BCUT2D eigenvalue weighted by molar-refractivity contribution is -0.384. The number of nitrogens with zero attached hydrogens (tertiary/aromatic N) is 3. The van der Waals surface area contributed by atoms with Crippen molar-refractivity contribution in [3.05, 3.63) is 80.0 Å². The number of H-pyrrole nitrogens is 1. The Labute approximate surface area is 164 Å². The zero-order valence-electron chi connectivity index (χ0n) is 14.5. The van der Waals surface area contributed by atoms with Crippen LogP contribution < -0.4 is 5.43 Å².